The number of halogens is 2. The molecule has 2 nitrogen and oxygen atoms in total. The van der Waals surface area contributed by atoms with E-state index in [9.17, 15) is 0 Å². The van der Waals surface area contributed by atoms with E-state index in [0.29, 0.717) is 16.6 Å². The number of hydrogen-bond donors (Lipinski definition) is 2. The first-order valence-corrected chi connectivity index (χ1v) is 6.73. The Bertz CT molecular complexity index is 719. The van der Waals surface area contributed by atoms with Crippen molar-refractivity contribution in [1.82, 2.24) is 4.98 Å². The normalized spacial score (nSPS) is 10.8. The van der Waals surface area contributed by atoms with E-state index in [1.54, 1.807) is 12.1 Å². The highest BCUT2D eigenvalue weighted by Crippen LogP contribution is 2.26. The Morgan fingerprint density at radius 2 is 1.89 bits per heavy atom. The van der Waals surface area contributed by atoms with E-state index >= 15 is 0 Å². The Labute approximate surface area is 121 Å². The fourth-order valence-electron chi connectivity index (χ4n) is 2.04. The van der Waals surface area contributed by atoms with Crippen molar-refractivity contribution in [2.75, 3.05) is 5.32 Å². The van der Waals surface area contributed by atoms with Gasteiger partial charge < -0.3 is 10.3 Å². The average Bonchev–Trinajstić information content (AvgIpc) is 2.87. The number of fused-ring (bicyclic) bond motifs is 1. The second-order valence-electron chi connectivity index (χ2n) is 4.38. The van der Waals surface area contributed by atoms with Gasteiger partial charge in [-0.2, -0.15) is 0 Å². The minimum absolute atomic E-state index is 0.672. The maximum Gasteiger partial charge on any atom is 0.0638 e. The molecule has 2 aromatic carbocycles. The molecule has 2 N–H and O–H groups in total. The zero-order valence-electron chi connectivity index (χ0n) is 10.1. The molecule has 0 unspecified atom stereocenters. The number of H-pyrrole nitrogens is 1. The number of benzene rings is 2. The van der Waals surface area contributed by atoms with Crippen LogP contribution in [0.25, 0.3) is 10.9 Å². The summed E-state index contributed by atoms with van der Waals surface area (Å²) >= 11 is 12.1. The summed E-state index contributed by atoms with van der Waals surface area (Å²) in [6, 6.07) is 13.8. The first kappa shape index (κ1) is 12.4. The van der Waals surface area contributed by atoms with Crippen molar-refractivity contribution in [3.05, 3.63) is 64.3 Å². The number of rotatable bonds is 3. The summed E-state index contributed by atoms with van der Waals surface area (Å²) in [4.78, 5) is 3.20. The fraction of sp³-hybridized carbons (Fsp3) is 0.0667. The van der Waals surface area contributed by atoms with Gasteiger partial charge in [0.2, 0.25) is 0 Å². The molecule has 0 atom stereocenters. The van der Waals surface area contributed by atoms with E-state index < -0.39 is 0 Å². The molecule has 19 heavy (non-hydrogen) atoms. The monoisotopic (exact) mass is 290 g/mol. The van der Waals surface area contributed by atoms with Crippen LogP contribution in [0.4, 0.5) is 5.69 Å². The molecule has 0 spiro atoms. The molecule has 0 aliphatic rings. The maximum atomic E-state index is 6.11. The van der Waals surface area contributed by atoms with Gasteiger partial charge >= 0.3 is 0 Å². The van der Waals surface area contributed by atoms with E-state index in [1.165, 1.54) is 10.9 Å². The third kappa shape index (κ3) is 2.70. The smallest absolute Gasteiger partial charge is 0.0638 e. The molecule has 3 rings (SSSR count). The third-order valence-electron chi connectivity index (χ3n) is 3.03. The summed E-state index contributed by atoms with van der Waals surface area (Å²) in [5.74, 6) is 0. The van der Waals surface area contributed by atoms with Crippen molar-refractivity contribution in [3.63, 3.8) is 0 Å². The molecule has 1 heterocycles. The van der Waals surface area contributed by atoms with E-state index in [4.69, 9.17) is 23.2 Å². The minimum atomic E-state index is 0.672. The first-order chi connectivity index (χ1) is 9.22. The number of nitrogens with one attached hydrogen (secondary N) is 2. The summed E-state index contributed by atoms with van der Waals surface area (Å²) < 4.78 is 0. The van der Waals surface area contributed by atoms with Crippen LogP contribution < -0.4 is 5.32 Å². The molecule has 4 heteroatoms. The van der Waals surface area contributed by atoms with Crippen LogP contribution in [-0.2, 0) is 6.54 Å². The predicted molar refractivity (Wildman–Crippen MR) is 82.1 cm³/mol. The first-order valence-electron chi connectivity index (χ1n) is 5.97. The van der Waals surface area contributed by atoms with E-state index in [-0.39, 0.29) is 0 Å². The predicted octanol–water partition coefficient (Wildman–Crippen LogP) is 5.09. The standard InChI is InChI=1S/C15H12Cl2N2/c16-12-3-4-13(17)15(8-12)19-9-10-1-2-11-5-6-18-14(11)7-10/h1-8,18-19H,9H2. The summed E-state index contributed by atoms with van der Waals surface area (Å²) in [5.41, 5.74) is 3.17. The molecule has 0 bridgehead atoms. The fourth-order valence-corrected chi connectivity index (χ4v) is 2.39. The summed E-state index contributed by atoms with van der Waals surface area (Å²) in [5, 5.41) is 5.85. The van der Waals surface area contributed by atoms with Gasteiger partial charge in [-0.3, -0.25) is 0 Å². The largest absolute Gasteiger partial charge is 0.380 e. The molecule has 0 fully saturated rings. The van der Waals surface area contributed by atoms with E-state index in [2.05, 4.69) is 34.6 Å². The molecule has 96 valence electrons. The maximum absolute atomic E-state index is 6.11. The van der Waals surface area contributed by atoms with Crippen LogP contribution >= 0.6 is 23.2 Å². The average molecular weight is 291 g/mol. The quantitative estimate of drug-likeness (QED) is 0.691. The zero-order valence-corrected chi connectivity index (χ0v) is 11.6. The molecular weight excluding hydrogens is 279 g/mol. The Balaban J connectivity index is 1.79. The van der Waals surface area contributed by atoms with Crippen molar-refractivity contribution in [2.45, 2.75) is 6.54 Å². The Morgan fingerprint density at radius 1 is 1.00 bits per heavy atom. The number of hydrogen-bond acceptors (Lipinski definition) is 1. The van der Waals surface area contributed by atoms with Gasteiger partial charge in [-0.15, -0.1) is 0 Å². The lowest BCUT2D eigenvalue weighted by molar-refractivity contribution is 1.15. The number of aromatic nitrogens is 1. The van der Waals surface area contributed by atoms with Crippen LogP contribution in [0.5, 0.6) is 0 Å². The van der Waals surface area contributed by atoms with E-state index in [0.717, 1.165) is 11.2 Å². The van der Waals surface area contributed by atoms with Gasteiger partial charge in [0.15, 0.2) is 0 Å². The SMILES string of the molecule is Clc1ccc(Cl)c(NCc2ccc3cc[nH]c3c2)c1. The van der Waals surface area contributed by atoms with Crippen molar-refractivity contribution in [3.8, 4) is 0 Å². The van der Waals surface area contributed by atoms with Crippen molar-refractivity contribution in [2.24, 2.45) is 0 Å². The van der Waals surface area contributed by atoms with Gasteiger partial charge in [-0.05, 0) is 41.3 Å². The highest BCUT2D eigenvalue weighted by atomic mass is 35.5. The number of anilines is 1. The molecule has 0 saturated carbocycles. The highest BCUT2D eigenvalue weighted by molar-refractivity contribution is 6.35. The van der Waals surface area contributed by atoms with Crippen molar-refractivity contribution >= 4 is 39.8 Å². The highest BCUT2D eigenvalue weighted by Gasteiger charge is 2.02. The Hall–Kier alpha value is -1.64. The summed E-state index contributed by atoms with van der Waals surface area (Å²) in [7, 11) is 0. The zero-order chi connectivity index (χ0) is 13.2. The van der Waals surface area contributed by atoms with Crippen LogP contribution in [0.15, 0.2) is 48.7 Å². The van der Waals surface area contributed by atoms with Gasteiger partial charge in [0.05, 0.1) is 10.7 Å². The molecule has 1 aromatic heterocycles. The van der Waals surface area contributed by atoms with Crippen molar-refractivity contribution in [1.29, 1.82) is 0 Å². The lowest BCUT2D eigenvalue weighted by Crippen LogP contribution is -1.99. The van der Waals surface area contributed by atoms with Gasteiger partial charge in [0.25, 0.3) is 0 Å². The summed E-state index contributed by atoms with van der Waals surface area (Å²) in [6.45, 7) is 0.703. The molecule has 0 aliphatic carbocycles. The van der Waals surface area contributed by atoms with Crippen molar-refractivity contribution < 1.29 is 0 Å². The third-order valence-corrected chi connectivity index (χ3v) is 3.60. The minimum Gasteiger partial charge on any atom is -0.380 e. The van der Waals surface area contributed by atoms with Crippen LogP contribution in [-0.4, -0.2) is 4.98 Å². The van der Waals surface area contributed by atoms with Gasteiger partial charge in [-0.25, -0.2) is 0 Å². The molecular formula is C15H12Cl2N2. The van der Waals surface area contributed by atoms with Gasteiger partial charge in [0.1, 0.15) is 0 Å². The molecule has 0 amide bonds. The molecule has 0 saturated heterocycles. The van der Waals surface area contributed by atoms with Gasteiger partial charge in [-0.1, -0.05) is 35.3 Å². The number of aromatic amines is 1. The topological polar surface area (TPSA) is 27.8 Å². The van der Waals surface area contributed by atoms with Crippen LogP contribution in [0.1, 0.15) is 5.56 Å². The molecule has 0 aliphatic heterocycles. The van der Waals surface area contributed by atoms with Crippen LogP contribution in [0.3, 0.4) is 0 Å². The van der Waals surface area contributed by atoms with Gasteiger partial charge in [0, 0.05) is 23.3 Å². The second-order valence-corrected chi connectivity index (χ2v) is 5.22. The second kappa shape index (κ2) is 5.16. The molecule has 3 aromatic rings. The lowest BCUT2D eigenvalue weighted by atomic mass is 10.1. The van der Waals surface area contributed by atoms with Crippen LogP contribution in [0, 0.1) is 0 Å². The van der Waals surface area contributed by atoms with Crippen LogP contribution in [0.2, 0.25) is 10.0 Å². The van der Waals surface area contributed by atoms with E-state index in [1.807, 2.05) is 12.3 Å². The molecule has 0 radical (unpaired) electrons. The summed E-state index contributed by atoms with van der Waals surface area (Å²) in [6.07, 6.45) is 1.94. The Kier molecular flexibility index (Phi) is 3.36. The Morgan fingerprint density at radius 3 is 2.79 bits per heavy atom. The lowest BCUT2D eigenvalue weighted by Gasteiger charge is -2.09.